The predicted molar refractivity (Wildman–Crippen MR) is 93.3 cm³/mol. The first-order valence-corrected chi connectivity index (χ1v) is 8.70. The van der Waals surface area contributed by atoms with Crippen molar-refractivity contribution in [2.24, 2.45) is 0 Å². The Morgan fingerprint density at radius 3 is 2.75 bits per heavy atom. The minimum absolute atomic E-state index is 0.179. The smallest absolute Gasteiger partial charge is 0.210 e. The van der Waals surface area contributed by atoms with E-state index in [4.69, 9.17) is 10.00 Å². The molecule has 0 aliphatic carbocycles. The molecule has 7 heteroatoms. The van der Waals surface area contributed by atoms with Crippen molar-refractivity contribution in [3.05, 3.63) is 57.5 Å². The summed E-state index contributed by atoms with van der Waals surface area (Å²) < 4.78 is 7.49. The number of aryl methyl sites for hydroxylation is 1. The molecule has 0 spiro atoms. The summed E-state index contributed by atoms with van der Waals surface area (Å²) in [6.07, 6.45) is 0. The number of aromatic nitrogens is 2. The highest BCUT2D eigenvalue weighted by atomic mass is 32.2. The quantitative estimate of drug-likeness (QED) is 0.617. The van der Waals surface area contributed by atoms with E-state index in [1.807, 2.05) is 25.4 Å². The summed E-state index contributed by atoms with van der Waals surface area (Å²) in [6, 6.07) is 9.19. The number of thioether (sulfide) groups is 1. The number of nitriles is 1. The molecule has 0 fully saturated rings. The Kier molecular flexibility index (Phi) is 4.76. The van der Waals surface area contributed by atoms with Crippen LogP contribution in [0.1, 0.15) is 22.5 Å². The maximum atomic E-state index is 8.77. The van der Waals surface area contributed by atoms with E-state index in [0.29, 0.717) is 18.1 Å². The van der Waals surface area contributed by atoms with Gasteiger partial charge in [-0.15, -0.1) is 11.8 Å². The maximum absolute atomic E-state index is 8.77. The lowest BCUT2D eigenvalue weighted by molar-refractivity contribution is -0.612. The fraction of sp³-hybridized carbons (Fsp3) is 0.353. The number of hydrogen-bond donors (Lipinski definition) is 0. The van der Waals surface area contributed by atoms with Crippen molar-refractivity contribution in [1.82, 2.24) is 4.98 Å². The lowest BCUT2D eigenvalue weighted by Gasteiger charge is -2.26. The molecular weight excluding hydrogens is 322 g/mol. The zero-order valence-electron chi connectivity index (χ0n) is 13.9. The highest BCUT2D eigenvalue weighted by Gasteiger charge is 2.16. The van der Waals surface area contributed by atoms with Crippen LogP contribution in [0.4, 0.5) is 5.95 Å². The summed E-state index contributed by atoms with van der Waals surface area (Å²) in [7, 11) is 0. The van der Waals surface area contributed by atoms with E-state index in [9.17, 15) is 0 Å². The molecule has 0 saturated carbocycles. The number of rotatable bonds is 5. The largest absolute Gasteiger partial charge is 0.585 e. The minimum atomic E-state index is -0.179. The van der Waals surface area contributed by atoms with Crippen LogP contribution in [0.2, 0.25) is 0 Å². The molecule has 1 aliphatic rings. The first-order valence-electron chi connectivity index (χ1n) is 7.65. The lowest BCUT2D eigenvalue weighted by atomic mass is 10.2. The number of ether oxygens (including phenoxy) is 1. The third-order valence-electron chi connectivity index (χ3n) is 3.90. The average molecular weight is 340 g/mol. The van der Waals surface area contributed by atoms with Crippen molar-refractivity contribution in [3.8, 4) is 11.8 Å². The van der Waals surface area contributed by atoms with Crippen molar-refractivity contribution in [3.63, 3.8) is 0 Å². The van der Waals surface area contributed by atoms with Crippen LogP contribution in [-0.4, -0.2) is 22.8 Å². The molecule has 1 atom stereocenters. The monoisotopic (exact) mass is 340 g/mol. The molecular formula is C17H18N5OS-. The van der Waals surface area contributed by atoms with Gasteiger partial charge < -0.3 is 14.8 Å². The van der Waals surface area contributed by atoms with Gasteiger partial charge in [-0.25, -0.2) is 4.98 Å². The Morgan fingerprint density at radius 2 is 2.04 bits per heavy atom. The molecule has 124 valence electrons. The third-order valence-corrected chi connectivity index (χ3v) is 4.80. The molecule has 1 aliphatic heterocycles. The highest BCUT2D eigenvalue weighted by Crippen LogP contribution is 2.34. The van der Waals surface area contributed by atoms with Crippen molar-refractivity contribution in [2.75, 3.05) is 12.4 Å². The van der Waals surface area contributed by atoms with Gasteiger partial charge in [0.2, 0.25) is 5.95 Å². The molecule has 0 amide bonds. The Hall–Kier alpha value is -2.46. The molecule has 0 radical (unpaired) electrons. The Balaban J connectivity index is 1.48. The molecule has 3 rings (SSSR count). The molecule has 2 aromatic rings. The fourth-order valence-corrected chi connectivity index (χ4v) is 3.03. The summed E-state index contributed by atoms with van der Waals surface area (Å²) in [4.78, 5) is 4.49. The van der Waals surface area contributed by atoms with Crippen LogP contribution < -0.4 is 9.41 Å². The van der Waals surface area contributed by atoms with Gasteiger partial charge in [0, 0.05) is 22.6 Å². The molecule has 0 N–H and O–H groups in total. The number of benzene rings is 1. The van der Waals surface area contributed by atoms with Gasteiger partial charge in [-0.2, -0.15) is 5.26 Å². The Bertz CT molecular complexity index is 785. The predicted octanol–water partition coefficient (Wildman–Crippen LogP) is 3.42. The maximum Gasteiger partial charge on any atom is 0.210 e. The van der Waals surface area contributed by atoms with E-state index in [1.165, 1.54) is 0 Å². The van der Waals surface area contributed by atoms with E-state index in [0.717, 1.165) is 28.5 Å². The van der Waals surface area contributed by atoms with E-state index in [1.54, 1.807) is 36.0 Å². The van der Waals surface area contributed by atoms with E-state index < -0.39 is 0 Å². The van der Waals surface area contributed by atoms with Crippen LogP contribution in [0, 0.1) is 32.1 Å². The number of hydrogen-bond acceptors (Lipinski definition) is 4. The summed E-state index contributed by atoms with van der Waals surface area (Å²) in [5.74, 6) is 2.20. The van der Waals surface area contributed by atoms with Gasteiger partial charge in [-0.3, -0.25) is 5.32 Å². The normalized spacial score (nSPS) is 15.2. The zero-order chi connectivity index (χ0) is 17.1. The summed E-state index contributed by atoms with van der Waals surface area (Å²) in [5.41, 5.74) is 8.25. The van der Waals surface area contributed by atoms with E-state index in [-0.39, 0.29) is 5.50 Å². The van der Waals surface area contributed by atoms with Gasteiger partial charge in [-0.05, 0) is 50.6 Å². The second-order valence-electron chi connectivity index (χ2n) is 5.45. The van der Waals surface area contributed by atoms with Crippen molar-refractivity contribution >= 4 is 17.7 Å². The average Bonchev–Trinajstić information content (AvgIpc) is 3.00. The Labute approximate surface area is 145 Å². The van der Waals surface area contributed by atoms with Gasteiger partial charge in [-0.1, -0.05) is 0 Å². The molecule has 2 heterocycles. The Morgan fingerprint density at radius 1 is 1.29 bits per heavy atom. The van der Waals surface area contributed by atoms with Gasteiger partial charge >= 0.3 is 0 Å². The molecule has 6 nitrogen and oxygen atoms in total. The molecule has 0 saturated heterocycles. The number of fused-ring (bicyclic) bond motifs is 1. The van der Waals surface area contributed by atoms with Crippen molar-refractivity contribution < 1.29 is 9.41 Å². The number of nitrogens with zero attached hydrogens (tertiary/aromatic N) is 5. The van der Waals surface area contributed by atoms with Gasteiger partial charge in [0.1, 0.15) is 5.75 Å². The molecule has 0 bridgehead atoms. The lowest BCUT2D eigenvalue weighted by Crippen LogP contribution is -2.33. The third kappa shape index (κ3) is 3.39. The van der Waals surface area contributed by atoms with Crippen LogP contribution >= 0.6 is 11.8 Å². The molecule has 1 unspecified atom stereocenters. The first kappa shape index (κ1) is 16.4. The van der Waals surface area contributed by atoms with E-state index in [2.05, 4.69) is 21.8 Å². The molecule has 1 aromatic heterocycles. The van der Waals surface area contributed by atoms with Crippen molar-refractivity contribution in [2.45, 2.75) is 26.3 Å². The fourth-order valence-electron chi connectivity index (χ4n) is 2.31. The van der Waals surface area contributed by atoms with Crippen LogP contribution in [-0.2, 0) is 0 Å². The summed E-state index contributed by atoms with van der Waals surface area (Å²) in [6.45, 7) is 6.63. The van der Waals surface area contributed by atoms with Crippen LogP contribution in [0.3, 0.4) is 0 Å². The van der Waals surface area contributed by atoms with Crippen LogP contribution in [0.5, 0.6) is 5.75 Å². The van der Waals surface area contributed by atoms with Crippen LogP contribution in [0.15, 0.2) is 24.3 Å². The highest BCUT2D eigenvalue weighted by molar-refractivity contribution is 8.00. The van der Waals surface area contributed by atoms with Gasteiger partial charge in [0.25, 0.3) is 0 Å². The minimum Gasteiger partial charge on any atom is -0.585 e. The summed E-state index contributed by atoms with van der Waals surface area (Å²) >= 11 is 1.62. The van der Waals surface area contributed by atoms with Gasteiger partial charge in [0.05, 0.1) is 18.2 Å². The van der Waals surface area contributed by atoms with Crippen molar-refractivity contribution in [1.29, 1.82) is 5.26 Å². The second-order valence-corrected chi connectivity index (χ2v) is 6.61. The molecule has 1 aromatic carbocycles. The van der Waals surface area contributed by atoms with E-state index >= 15 is 0 Å². The summed E-state index contributed by atoms with van der Waals surface area (Å²) in [5, 5.41) is 13.3. The standard InChI is InChI=1S/C17H18N5OS/c1-11-12(2)19-16-20-17(21-22(16)13(11)3)24-9-8-23-15-6-4-14(10-18)5-7-15/h4-7,17H,8-9H2,1-3H3/q-1. The molecule has 24 heavy (non-hydrogen) atoms. The SMILES string of the molecule is Cc1nc2[n+](c(C)c1C)[N-]C(SCCOc1ccc(C#N)cc1)[N-]2. The zero-order valence-corrected chi connectivity index (χ0v) is 14.7. The second kappa shape index (κ2) is 6.97. The van der Waals surface area contributed by atoms with Crippen LogP contribution in [0.25, 0.3) is 10.7 Å². The topological polar surface area (TPSA) is 78.0 Å². The van der Waals surface area contributed by atoms with Gasteiger partial charge in [0.15, 0.2) is 0 Å². The first-order chi connectivity index (χ1) is 11.6.